The van der Waals surface area contributed by atoms with E-state index in [2.05, 4.69) is 5.32 Å². The number of amides is 1. The number of hydrogen-bond acceptors (Lipinski definition) is 5. The predicted octanol–water partition coefficient (Wildman–Crippen LogP) is 2.20. The lowest BCUT2D eigenvalue weighted by Gasteiger charge is -2.22. The molecule has 0 bridgehead atoms. The van der Waals surface area contributed by atoms with E-state index >= 15 is 0 Å². The second-order valence-corrected chi connectivity index (χ2v) is 8.34. The first kappa shape index (κ1) is 19.7. The molecule has 0 saturated carbocycles. The number of alkyl carbamates (subject to hydrolysis) is 1. The number of carboxylic acid groups (broad SMARTS) is 1. The van der Waals surface area contributed by atoms with Gasteiger partial charge in [0.15, 0.2) is 0 Å². The lowest BCUT2D eigenvalue weighted by atomic mass is 10.2. The first-order valence-electron chi connectivity index (χ1n) is 6.93. The minimum absolute atomic E-state index is 0.0549. The molecule has 1 amide bonds. The fourth-order valence-corrected chi connectivity index (χ4v) is 3.07. The van der Waals surface area contributed by atoms with Gasteiger partial charge in [-0.05, 0) is 33.6 Å². The third kappa shape index (κ3) is 10.1. The number of hydrogen-bond donors (Lipinski definition) is 3. The van der Waals surface area contributed by atoms with Crippen molar-refractivity contribution in [2.24, 2.45) is 0 Å². The molecule has 0 aromatic carbocycles. The average Bonchev–Trinajstić information content (AvgIpc) is 2.29. The highest BCUT2D eigenvalue weighted by atomic mass is 32.2. The van der Waals surface area contributed by atoms with Gasteiger partial charge in [0.25, 0.3) is 0 Å². The number of carbonyl (C=O) groups is 2. The summed E-state index contributed by atoms with van der Waals surface area (Å²) in [5, 5.41) is 11.3. The summed E-state index contributed by atoms with van der Waals surface area (Å²) < 4.78 is 24.6. The fraction of sp³-hybridized carbons (Fsp3) is 0.846. The van der Waals surface area contributed by atoms with Crippen LogP contribution in [0.15, 0.2) is 0 Å². The molecule has 0 aliphatic rings. The number of aliphatic carboxylic acids is 1. The predicted molar refractivity (Wildman–Crippen MR) is 80.9 cm³/mol. The van der Waals surface area contributed by atoms with Gasteiger partial charge in [0.1, 0.15) is 11.6 Å². The zero-order valence-electron chi connectivity index (χ0n) is 13.1. The van der Waals surface area contributed by atoms with Crippen molar-refractivity contribution in [3.05, 3.63) is 0 Å². The highest BCUT2D eigenvalue weighted by molar-refractivity contribution is 7.92. The molecule has 7 nitrogen and oxygen atoms in total. The number of nitrogens with one attached hydrogen (secondary N) is 2. The number of carboxylic acids is 1. The van der Waals surface area contributed by atoms with Gasteiger partial charge < -0.3 is 15.2 Å². The van der Waals surface area contributed by atoms with Crippen molar-refractivity contribution in [1.29, 1.82) is 4.78 Å². The molecule has 0 spiro atoms. The highest BCUT2D eigenvalue weighted by Crippen LogP contribution is 2.08. The van der Waals surface area contributed by atoms with Crippen LogP contribution in [0.5, 0.6) is 0 Å². The smallest absolute Gasteiger partial charge is 0.408 e. The molecule has 8 heteroatoms. The Morgan fingerprint density at radius 1 is 1.33 bits per heavy atom. The van der Waals surface area contributed by atoms with Crippen LogP contribution in [0.25, 0.3) is 0 Å². The standard InChI is InChI=1S/C13H26N2O5S/c1-5-6-8-21(14,19)9-7-10(11(16)17)15-12(18)20-13(2,3)4/h10,14H,5-9H2,1-4H3,(H,15,18)(H,16,17)/t10-,21-/m0/s1. The summed E-state index contributed by atoms with van der Waals surface area (Å²) in [6.07, 6.45) is 0.606. The number of carbonyl (C=O) groups excluding carboxylic acids is 1. The lowest BCUT2D eigenvalue weighted by molar-refractivity contribution is -0.139. The second-order valence-electron chi connectivity index (χ2n) is 5.90. The molecule has 0 aliphatic carbocycles. The van der Waals surface area contributed by atoms with Crippen molar-refractivity contribution in [3.8, 4) is 0 Å². The summed E-state index contributed by atoms with van der Waals surface area (Å²) in [7, 11) is -2.80. The number of unbranched alkanes of at least 4 members (excludes halogenated alkanes) is 1. The van der Waals surface area contributed by atoms with Crippen LogP contribution < -0.4 is 5.32 Å². The molecule has 3 N–H and O–H groups in total. The zero-order valence-corrected chi connectivity index (χ0v) is 13.9. The molecule has 0 aromatic rings. The first-order valence-corrected chi connectivity index (χ1v) is 8.83. The van der Waals surface area contributed by atoms with Crippen molar-refractivity contribution in [2.45, 2.75) is 58.6 Å². The van der Waals surface area contributed by atoms with Gasteiger partial charge in [-0.15, -0.1) is 0 Å². The molecule has 0 aromatic heterocycles. The van der Waals surface area contributed by atoms with Crippen molar-refractivity contribution in [2.75, 3.05) is 11.5 Å². The largest absolute Gasteiger partial charge is 0.480 e. The van der Waals surface area contributed by atoms with Gasteiger partial charge in [-0.3, -0.25) is 4.78 Å². The molecular formula is C13H26N2O5S. The Balaban J connectivity index is 4.52. The fourth-order valence-electron chi connectivity index (χ4n) is 1.49. The monoisotopic (exact) mass is 322 g/mol. The Morgan fingerprint density at radius 2 is 1.90 bits per heavy atom. The molecule has 0 fully saturated rings. The van der Waals surface area contributed by atoms with Crippen molar-refractivity contribution >= 4 is 21.8 Å². The molecule has 0 radical (unpaired) electrons. The van der Waals surface area contributed by atoms with E-state index in [1.54, 1.807) is 20.8 Å². The SMILES string of the molecule is CCCC[S@](=N)(=O)CC[C@H](NC(=O)OC(C)(C)C)C(=O)O. The summed E-state index contributed by atoms with van der Waals surface area (Å²) in [4.78, 5) is 22.7. The van der Waals surface area contributed by atoms with E-state index in [1.165, 1.54) is 0 Å². The van der Waals surface area contributed by atoms with E-state index in [0.717, 1.165) is 6.42 Å². The van der Waals surface area contributed by atoms with Crippen LogP contribution in [0.3, 0.4) is 0 Å². The molecule has 0 heterocycles. The van der Waals surface area contributed by atoms with E-state index in [-0.39, 0.29) is 17.9 Å². The molecule has 0 aliphatic heterocycles. The van der Waals surface area contributed by atoms with Crippen LogP contribution in [-0.4, -0.2) is 44.5 Å². The Bertz CT molecular complexity index is 454. The summed E-state index contributed by atoms with van der Waals surface area (Å²) in [6, 6.07) is -1.20. The third-order valence-corrected chi connectivity index (χ3v) is 4.40. The van der Waals surface area contributed by atoms with Crippen LogP contribution in [-0.2, 0) is 19.3 Å². The van der Waals surface area contributed by atoms with Crippen LogP contribution in [0.4, 0.5) is 4.79 Å². The van der Waals surface area contributed by atoms with Crippen LogP contribution >= 0.6 is 0 Å². The van der Waals surface area contributed by atoms with Gasteiger partial charge in [0, 0.05) is 21.2 Å². The Morgan fingerprint density at radius 3 is 2.33 bits per heavy atom. The van der Waals surface area contributed by atoms with E-state index in [1.807, 2.05) is 6.92 Å². The second kappa shape index (κ2) is 8.21. The normalized spacial score (nSPS) is 15.8. The summed E-state index contributed by atoms with van der Waals surface area (Å²) in [5.41, 5.74) is -0.725. The van der Waals surface area contributed by atoms with Crippen molar-refractivity contribution in [3.63, 3.8) is 0 Å². The maximum absolute atomic E-state index is 11.9. The van der Waals surface area contributed by atoms with Crippen LogP contribution in [0, 0.1) is 4.78 Å². The maximum atomic E-state index is 11.9. The molecular weight excluding hydrogens is 296 g/mol. The maximum Gasteiger partial charge on any atom is 0.408 e. The minimum atomic E-state index is -2.80. The minimum Gasteiger partial charge on any atom is -0.480 e. The highest BCUT2D eigenvalue weighted by Gasteiger charge is 2.24. The van der Waals surface area contributed by atoms with Crippen LogP contribution in [0.2, 0.25) is 0 Å². The Hall–Kier alpha value is -1.31. The van der Waals surface area contributed by atoms with Crippen molar-refractivity contribution in [1.82, 2.24) is 5.32 Å². The molecule has 0 saturated heterocycles. The van der Waals surface area contributed by atoms with E-state index in [9.17, 15) is 13.8 Å². The van der Waals surface area contributed by atoms with Gasteiger partial charge in [0.2, 0.25) is 0 Å². The summed E-state index contributed by atoms with van der Waals surface area (Å²) >= 11 is 0. The molecule has 21 heavy (non-hydrogen) atoms. The van der Waals surface area contributed by atoms with Gasteiger partial charge in [0.05, 0.1) is 0 Å². The summed E-state index contributed by atoms with van der Waals surface area (Å²) in [6.45, 7) is 6.94. The van der Waals surface area contributed by atoms with Gasteiger partial charge in [-0.1, -0.05) is 13.3 Å². The lowest BCUT2D eigenvalue weighted by Crippen LogP contribution is -2.44. The number of ether oxygens (including phenoxy) is 1. The first-order chi connectivity index (χ1) is 9.47. The van der Waals surface area contributed by atoms with Crippen LogP contribution in [0.1, 0.15) is 47.0 Å². The molecule has 124 valence electrons. The third-order valence-electron chi connectivity index (χ3n) is 2.55. The van der Waals surface area contributed by atoms with Gasteiger partial charge >= 0.3 is 12.1 Å². The molecule has 0 rings (SSSR count). The topological polar surface area (TPSA) is 117 Å². The van der Waals surface area contributed by atoms with E-state index in [4.69, 9.17) is 14.6 Å². The summed E-state index contributed by atoms with van der Waals surface area (Å²) in [5.74, 6) is -1.03. The van der Waals surface area contributed by atoms with E-state index < -0.39 is 33.4 Å². The molecule has 0 unspecified atom stereocenters. The zero-order chi connectivity index (χ0) is 16.7. The molecule has 2 atom stereocenters. The quantitative estimate of drug-likeness (QED) is 0.633. The van der Waals surface area contributed by atoms with Gasteiger partial charge in [-0.2, -0.15) is 0 Å². The van der Waals surface area contributed by atoms with Crippen molar-refractivity contribution < 1.29 is 23.6 Å². The number of rotatable bonds is 8. The van der Waals surface area contributed by atoms with E-state index in [0.29, 0.717) is 6.42 Å². The average molecular weight is 322 g/mol. The Labute approximate surface area is 126 Å². The Kier molecular flexibility index (Phi) is 7.70. The van der Waals surface area contributed by atoms with Gasteiger partial charge in [-0.25, -0.2) is 13.8 Å².